The van der Waals surface area contributed by atoms with Crippen molar-refractivity contribution in [2.45, 2.75) is 19.4 Å². The van der Waals surface area contributed by atoms with Gasteiger partial charge in [0.1, 0.15) is 12.4 Å². The van der Waals surface area contributed by atoms with Gasteiger partial charge in [0, 0.05) is 5.56 Å². The molecule has 0 aliphatic rings. The Balaban J connectivity index is 2.07. The highest BCUT2D eigenvalue weighted by Gasteiger charge is 2.10. The molecule has 0 aliphatic heterocycles. The zero-order valence-electron chi connectivity index (χ0n) is 12.4. The van der Waals surface area contributed by atoms with Crippen LogP contribution >= 0.6 is 0 Å². The first-order chi connectivity index (χ1) is 10.3. The topological polar surface area (TPSA) is 38.7 Å². The van der Waals surface area contributed by atoms with Crippen molar-refractivity contribution in [1.82, 2.24) is 0 Å². The SMILES string of the molecule is CCC(COc1ccccc1-c1ccccc1)OCCO. The number of rotatable bonds is 8. The molecular weight excluding hydrogens is 264 g/mol. The maximum Gasteiger partial charge on any atom is 0.127 e. The summed E-state index contributed by atoms with van der Waals surface area (Å²) < 4.78 is 11.5. The number of para-hydroxylation sites is 1. The van der Waals surface area contributed by atoms with Crippen LogP contribution in [-0.4, -0.2) is 31.0 Å². The fraction of sp³-hybridized carbons (Fsp3) is 0.333. The van der Waals surface area contributed by atoms with Crippen LogP contribution in [-0.2, 0) is 4.74 Å². The summed E-state index contributed by atoms with van der Waals surface area (Å²) in [5.41, 5.74) is 2.22. The van der Waals surface area contributed by atoms with E-state index in [1.54, 1.807) is 0 Å². The maximum absolute atomic E-state index is 8.82. The van der Waals surface area contributed by atoms with Gasteiger partial charge in [0.05, 0.1) is 19.3 Å². The molecule has 0 amide bonds. The van der Waals surface area contributed by atoms with E-state index >= 15 is 0 Å². The Morgan fingerprint density at radius 1 is 1.00 bits per heavy atom. The van der Waals surface area contributed by atoms with E-state index < -0.39 is 0 Å². The van der Waals surface area contributed by atoms with E-state index in [9.17, 15) is 0 Å². The zero-order chi connectivity index (χ0) is 14.9. The Hall–Kier alpha value is -1.84. The van der Waals surface area contributed by atoms with Crippen LogP contribution in [0.4, 0.5) is 0 Å². The fourth-order valence-corrected chi connectivity index (χ4v) is 2.13. The van der Waals surface area contributed by atoms with Gasteiger partial charge in [0.15, 0.2) is 0 Å². The summed E-state index contributed by atoms with van der Waals surface area (Å²) in [6.07, 6.45) is 0.856. The monoisotopic (exact) mass is 286 g/mol. The van der Waals surface area contributed by atoms with Crippen LogP contribution in [0.3, 0.4) is 0 Å². The molecule has 0 aromatic heterocycles. The van der Waals surface area contributed by atoms with Gasteiger partial charge in [0.25, 0.3) is 0 Å². The van der Waals surface area contributed by atoms with Crippen molar-refractivity contribution in [1.29, 1.82) is 0 Å². The van der Waals surface area contributed by atoms with E-state index in [1.807, 2.05) is 36.4 Å². The number of aliphatic hydroxyl groups is 1. The predicted octanol–water partition coefficient (Wildman–Crippen LogP) is 3.52. The third kappa shape index (κ3) is 4.59. The third-order valence-corrected chi connectivity index (χ3v) is 3.30. The number of aliphatic hydroxyl groups excluding tert-OH is 1. The second kappa shape index (κ2) is 8.45. The summed E-state index contributed by atoms with van der Waals surface area (Å²) >= 11 is 0. The number of benzene rings is 2. The van der Waals surface area contributed by atoms with Crippen molar-refractivity contribution >= 4 is 0 Å². The molecule has 3 heteroatoms. The van der Waals surface area contributed by atoms with Crippen molar-refractivity contribution in [2.75, 3.05) is 19.8 Å². The summed E-state index contributed by atoms with van der Waals surface area (Å²) in [7, 11) is 0. The molecule has 21 heavy (non-hydrogen) atoms. The average molecular weight is 286 g/mol. The normalized spacial score (nSPS) is 12.1. The number of ether oxygens (including phenoxy) is 2. The summed E-state index contributed by atoms with van der Waals surface area (Å²) in [6.45, 7) is 2.92. The largest absolute Gasteiger partial charge is 0.490 e. The van der Waals surface area contributed by atoms with Crippen molar-refractivity contribution in [3.8, 4) is 16.9 Å². The Bertz CT molecular complexity index is 525. The molecule has 112 valence electrons. The minimum atomic E-state index is 0.000907. The molecule has 2 aromatic carbocycles. The van der Waals surface area contributed by atoms with Gasteiger partial charge in [-0.1, -0.05) is 55.5 Å². The molecule has 0 aliphatic carbocycles. The van der Waals surface area contributed by atoms with Crippen LogP contribution < -0.4 is 4.74 Å². The first kappa shape index (κ1) is 15.5. The summed E-state index contributed by atoms with van der Waals surface area (Å²) in [5, 5.41) is 8.82. The minimum absolute atomic E-state index is 0.000907. The highest BCUT2D eigenvalue weighted by Crippen LogP contribution is 2.29. The highest BCUT2D eigenvalue weighted by molar-refractivity contribution is 5.70. The molecule has 0 heterocycles. The molecule has 0 spiro atoms. The van der Waals surface area contributed by atoms with Crippen molar-refractivity contribution in [3.05, 3.63) is 54.6 Å². The van der Waals surface area contributed by atoms with Crippen LogP contribution in [0.2, 0.25) is 0 Å². The fourth-order valence-electron chi connectivity index (χ4n) is 2.13. The zero-order valence-corrected chi connectivity index (χ0v) is 12.4. The van der Waals surface area contributed by atoms with Gasteiger partial charge in [-0.3, -0.25) is 0 Å². The second-order valence-corrected chi connectivity index (χ2v) is 4.80. The van der Waals surface area contributed by atoms with Gasteiger partial charge in [-0.2, -0.15) is 0 Å². The minimum Gasteiger partial charge on any atom is -0.490 e. The second-order valence-electron chi connectivity index (χ2n) is 4.80. The average Bonchev–Trinajstić information content (AvgIpc) is 2.56. The maximum atomic E-state index is 8.82. The van der Waals surface area contributed by atoms with E-state index in [1.165, 1.54) is 0 Å². The van der Waals surface area contributed by atoms with E-state index in [4.69, 9.17) is 14.6 Å². The van der Waals surface area contributed by atoms with E-state index in [-0.39, 0.29) is 12.7 Å². The molecule has 3 nitrogen and oxygen atoms in total. The molecule has 0 saturated heterocycles. The molecular formula is C18H22O3. The highest BCUT2D eigenvalue weighted by atomic mass is 16.5. The van der Waals surface area contributed by atoms with E-state index in [0.717, 1.165) is 23.3 Å². The number of hydrogen-bond acceptors (Lipinski definition) is 3. The first-order valence-electron chi connectivity index (χ1n) is 7.35. The lowest BCUT2D eigenvalue weighted by Gasteiger charge is -2.18. The van der Waals surface area contributed by atoms with E-state index in [2.05, 4.69) is 25.1 Å². The van der Waals surface area contributed by atoms with Gasteiger partial charge < -0.3 is 14.6 Å². The smallest absolute Gasteiger partial charge is 0.127 e. The lowest BCUT2D eigenvalue weighted by molar-refractivity contribution is 0.00111. The van der Waals surface area contributed by atoms with Gasteiger partial charge in [0.2, 0.25) is 0 Å². The van der Waals surface area contributed by atoms with Crippen LogP contribution in [0.1, 0.15) is 13.3 Å². The Morgan fingerprint density at radius 2 is 1.71 bits per heavy atom. The van der Waals surface area contributed by atoms with Gasteiger partial charge in [-0.25, -0.2) is 0 Å². The molecule has 1 N–H and O–H groups in total. The van der Waals surface area contributed by atoms with Crippen LogP contribution in [0.5, 0.6) is 5.75 Å². The Morgan fingerprint density at radius 3 is 2.43 bits per heavy atom. The van der Waals surface area contributed by atoms with Crippen molar-refractivity contribution in [3.63, 3.8) is 0 Å². The molecule has 0 bridgehead atoms. The van der Waals surface area contributed by atoms with Crippen molar-refractivity contribution < 1.29 is 14.6 Å². The van der Waals surface area contributed by atoms with Crippen LogP contribution in [0, 0.1) is 0 Å². The molecule has 0 saturated carbocycles. The molecule has 1 unspecified atom stereocenters. The third-order valence-electron chi connectivity index (χ3n) is 3.30. The summed E-state index contributed by atoms with van der Waals surface area (Å²) in [5.74, 6) is 0.856. The molecule has 2 rings (SSSR count). The number of hydrogen-bond donors (Lipinski definition) is 1. The van der Waals surface area contributed by atoms with Crippen LogP contribution in [0.25, 0.3) is 11.1 Å². The quantitative estimate of drug-likeness (QED) is 0.807. The van der Waals surface area contributed by atoms with Crippen molar-refractivity contribution in [2.24, 2.45) is 0 Å². The standard InChI is InChI=1S/C18H22O3/c1-2-16(20-13-12-19)14-21-18-11-7-6-10-17(18)15-8-4-3-5-9-15/h3-11,16,19H,2,12-14H2,1H3. The van der Waals surface area contributed by atoms with Crippen LogP contribution in [0.15, 0.2) is 54.6 Å². The molecule has 0 radical (unpaired) electrons. The summed E-state index contributed by atoms with van der Waals surface area (Å²) in [6, 6.07) is 18.2. The van der Waals surface area contributed by atoms with E-state index in [0.29, 0.717) is 13.2 Å². The molecule has 2 aromatic rings. The lowest BCUT2D eigenvalue weighted by Crippen LogP contribution is -2.22. The van der Waals surface area contributed by atoms with Gasteiger partial charge in [-0.05, 0) is 18.1 Å². The first-order valence-corrected chi connectivity index (χ1v) is 7.35. The predicted molar refractivity (Wildman–Crippen MR) is 84.5 cm³/mol. The van der Waals surface area contributed by atoms with Gasteiger partial charge >= 0.3 is 0 Å². The Kier molecular flexibility index (Phi) is 6.25. The molecule has 0 fully saturated rings. The summed E-state index contributed by atoms with van der Waals surface area (Å²) in [4.78, 5) is 0. The van der Waals surface area contributed by atoms with Gasteiger partial charge in [-0.15, -0.1) is 0 Å². The lowest BCUT2D eigenvalue weighted by atomic mass is 10.1. The Labute approximate surface area is 126 Å². The molecule has 1 atom stereocenters.